The number of hydrogen-bond donors (Lipinski definition) is 1. The van der Waals surface area contributed by atoms with Crippen molar-refractivity contribution in [2.75, 3.05) is 6.54 Å². The Kier molecular flexibility index (Phi) is 5.00. The third-order valence-corrected chi connectivity index (χ3v) is 3.98. The predicted octanol–water partition coefficient (Wildman–Crippen LogP) is 4.39. The molecule has 0 aliphatic rings. The largest absolute Gasteiger partial charge is 0.313 e. The van der Waals surface area contributed by atoms with Crippen LogP contribution >= 0.6 is 11.8 Å². The van der Waals surface area contributed by atoms with Crippen LogP contribution in [0, 0.1) is 12.7 Å². The molecule has 2 rings (SSSR count). The van der Waals surface area contributed by atoms with Crippen LogP contribution < -0.4 is 5.32 Å². The lowest BCUT2D eigenvalue weighted by molar-refractivity contribution is 0.602. The van der Waals surface area contributed by atoms with E-state index < -0.39 is 0 Å². The maximum atomic E-state index is 13.6. The summed E-state index contributed by atoms with van der Waals surface area (Å²) in [6.07, 6.45) is 0. The molecule has 1 N–H and O–H groups in total. The van der Waals surface area contributed by atoms with Gasteiger partial charge in [-0.05, 0) is 48.9 Å². The zero-order valence-corrected chi connectivity index (χ0v) is 12.1. The second-order valence-electron chi connectivity index (χ2n) is 4.40. The highest BCUT2D eigenvalue weighted by atomic mass is 32.2. The van der Waals surface area contributed by atoms with Gasteiger partial charge in [-0.1, -0.05) is 36.9 Å². The van der Waals surface area contributed by atoms with Crippen LogP contribution in [0.15, 0.2) is 52.3 Å². The zero-order chi connectivity index (χ0) is 13.7. The van der Waals surface area contributed by atoms with Gasteiger partial charge in [0.05, 0.1) is 0 Å². The van der Waals surface area contributed by atoms with Crippen molar-refractivity contribution in [2.45, 2.75) is 30.2 Å². The third-order valence-electron chi connectivity index (χ3n) is 2.94. The van der Waals surface area contributed by atoms with Crippen LogP contribution in [0.5, 0.6) is 0 Å². The van der Waals surface area contributed by atoms with E-state index in [0.29, 0.717) is 4.90 Å². The second kappa shape index (κ2) is 6.73. The van der Waals surface area contributed by atoms with Crippen LogP contribution in [0.25, 0.3) is 0 Å². The number of nitrogens with one attached hydrogen (secondary N) is 1. The Morgan fingerprint density at radius 2 is 1.95 bits per heavy atom. The number of aryl methyl sites for hydroxylation is 1. The molecule has 0 aliphatic carbocycles. The van der Waals surface area contributed by atoms with E-state index in [9.17, 15) is 4.39 Å². The Bertz CT molecular complexity index is 554. The molecule has 0 heterocycles. The van der Waals surface area contributed by atoms with Gasteiger partial charge in [0.1, 0.15) is 5.82 Å². The summed E-state index contributed by atoms with van der Waals surface area (Å²) in [4.78, 5) is 1.74. The number of halogens is 1. The van der Waals surface area contributed by atoms with E-state index in [0.717, 1.165) is 18.0 Å². The quantitative estimate of drug-likeness (QED) is 0.868. The number of hydrogen-bond acceptors (Lipinski definition) is 2. The van der Waals surface area contributed by atoms with Crippen molar-refractivity contribution >= 4 is 11.8 Å². The molecule has 0 bridgehead atoms. The van der Waals surface area contributed by atoms with E-state index >= 15 is 0 Å². The Morgan fingerprint density at radius 3 is 2.63 bits per heavy atom. The highest BCUT2D eigenvalue weighted by Gasteiger charge is 2.05. The van der Waals surface area contributed by atoms with Crippen LogP contribution in [-0.2, 0) is 6.54 Å². The number of rotatable bonds is 5. The monoisotopic (exact) mass is 275 g/mol. The first-order valence-corrected chi connectivity index (χ1v) is 7.25. The molecule has 2 aromatic carbocycles. The smallest absolute Gasteiger partial charge is 0.137 e. The van der Waals surface area contributed by atoms with Crippen molar-refractivity contribution in [1.29, 1.82) is 0 Å². The second-order valence-corrected chi connectivity index (χ2v) is 5.52. The van der Waals surface area contributed by atoms with Crippen molar-refractivity contribution < 1.29 is 4.39 Å². The molecule has 0 fully saturated rings. The highest BCUT2D eigenvalue weighted by molar-refractivity contribution is 7.99. The summed E-state index contributed by atoms with van der Waals surface area (Å²) in [6, 6.07) is 13.2. The fourth-order valence-electron chi connectivity index (χ4n) is 1.84. The minimum atomic E-state index is -0.165. The molecular formula is C16H18FNS. The molecule has 0 aromatic heterocycles. The minimum Gasteiger partial charge on any atom is -0.313 e. The van der Waals surface area contributed by atoms with Crippen molar-refractivity contribution in [3.63, 3.8) is 0 Å². The standard InChI is InChI=1S/C16H18FNS/c1-3-18-11-13-8-9-14(10-12(13)2)19-16-7-5-4-6-15(16)17/h4-10,18H,3,11H2,1-2H3. The van der Waals surface area contributed by atoms with Gasteiger partial charge in [-0.2, -0.15) is 0 Å². The maximum absolute atomic E-state index is 13.6. The molecular weight excluding hydrogens is 257 g/mol. The third kappa shape index (κ3) is 3.82. The van der Waals surface area contributed by atoms with Crippen LogP contribution in [0.4, 0.5) is 4.39 Å². The van der Waals surface area contributed by atoms with Gasteiger partial charge in [0, 0.05) is 16.3 Å². The molecule has 0 unspecified atom stereocenters. The molecule has 3 heteroatoms. The molecule has 0 radical (unpaired) electrons. The molecule has 100 valence electrons. The van der Waals surface area contributed by atoms with Gasteiger partial charge in [-0.25, -0.2) is 4.39 Å². The van der Waals surface area contributed by atoms with Crippen LogP contribution in [0.3, 0.4) is 0 Å². The van der Waals surface area contributed by atoms with E-state index in [1.807, 2.05) is 12.1 Å². The summed E-state index contributed by atoms with van der Waals surface area (Å²) < 4.78 is 13.6. The lowest BCUT2D eigenvalue weighted by Gasteiger charge is -2.09. The van der Waals surface area contributed by atoms with Gasteiger partial charge >= 0.3 is 0 Å². The molecule has 0 saturated heterocycles. The molecule has 2 aromatic rings. The molecule has 0 saturated carbocycles. The molecule has 0 atom stereocenters. The van der Waals surface area contributed by atoms with Gasteiger partial charge in [-0.15, -0.1) is 0 Å². The SMILES string of the molecule is CCNCc1ccc(Sc2ccccc2F)cc1C. The fraction of sp³-hybridized carbons (Fsp3) is 0.250. The van der Waals surface area contributed by atoms with E-state index in [-0.39, 0.29) is 5.82 Å². The molecule has 0 aliphatic heterocycles. The van der Waals surface area contributed by atoms with Gasteiger partial charge < -0.3 is 5.32 Å². The summed E-state index contributed by atoms with van der Waals surface area (Å²) in [7, 11) is 0. The van der Waals surface area contributed by atoms with Crippen LogP contribution in [0.1, 0.15) is 18.1 Å². The molecule has 19 heavy (non-hydrogen) atoms. The van der Waals surface area contributed by atoms with Crippen LogP contribution in [0.2, 0.25) is 0 Å². The van der Waals surface area contributed by atoms with Gasteiger partial charge in [0.2, 0.25) is 0 Å². The highest BCUT2D eigenvalue weighted by Crippen LogP contribution is 2.30. The number of benzene rings is 2. The van der Waals surface area contributed by atoms with Gasteiger partial charge in [0.15, 0.2) is 0 Å². The van der Waals surface area contributed by atoms with Crippen molar-refractivity contribution in [2.24, 2.45) is 0 Å². The molecule has 0 spiro atoms. The molecule has 0 amide bonds. The van der Waals surface area contributed by atoms with Gasteiger partial charge in [-0.3, -0.25) is 0 Å². The molecule has 1 nitrogen and oxygen atoms in total. The summed E-state index contributed by atoms with van der Waals surface area (Å²) in [5.74, 6) is -0.165. The predicted molar refractivity (Wildman–Crippen MR) is 79.1 cm³/mol. The topological polar surface area (TPSA) is 12.0 Å². The van der Waals surface area contributed by atoms with Crippen molar-refractivity contribution in [1.82, 2.24) is 5.32 Å². The van der Waals surface area contributed by atoms with Crippen molar-refractivity contribution in [3.8, 4) is 0 Å². The van der Waals surface area contributed by atoms with E-state index in [4.69, 9.17) is 0 Å². The lowest BCUT2D eigenvalue weighted by Crippen LogP contribution is -2.12. The first-order valence-electron chi connectivity index (χ1n) is 6.43. The van der Waals surface area contributed by atoms with E-state index in [2.05, 4.69) is 37.4 Å². The van der Waals surface area contributed by atoms with Crippen molar-refractivity contribution in [3.05, 3.63) is 59.4 Å². The summed E-state index contributed by atoms with van der Waals surface area (Å²) in [5, 5.41) is 3.32. The average molecular weight is 275 g/mol. The summed E-state index contributed by atoms with van der Waals surface area (Å²) in [6.45, 7) is 6.04. The lowest BCUT2D eigenvalue weighted by atomic mass is 10.1. The first-order chi connectivity index (χ1) is 9.20. The van der Waals surface area contributed by atoms with E-state index in [1.165, 1.54) is 29.0 Å². The Labute approximate surface area is 118 Å². The Hall–Kier alpha value is -1.32. The average Bonchev–Trinajstić information content (AvgIpc) is 2.40. The minimum absolute atomic E-state index is 0.165. The summed E-state index contributed by atoms with van der Waals surface area (Å²) in [5.41, 5.74) is 2.53. The Balaban J connectivity index is 2.14. The first kappa shape index (κ1) is 14.1. The van der Waals surface area contributed by atoms with Crippen LogP contribution in [-0.4, -0.2) is 6.54 Å². The maximum Gasteiger partial charge on any atom is 0.137 e. The summed E-state index contributed by atoms with van der Waals surface area (Å²) >= 11 is 1.47. The zero-order valence-electron chi connectivity index (χ0n) is 11.2. The normalized spacial score (nSPS) is 10.7. The fourth-order valence-corrected chi connectivity index (χ4v) is 2.78. The van der Waals surface area contributed by atoms with E-state index in [1.54, 1.807) is 6.07 Å². The van der Waals surface area contributed by atoms with Gasteiger partial charge in [0.25, 0.3) is 0 Å². The Morgan fingerprint density at radius 1 is 1.16 bits per heavy atom.